The monoisotopic (exact) mass is 217 g/mol. The lowest BCUT2D eigenvalue weighted by Gasteiger charge is -1.80. The third kappa shape index (κ3) is 6.99. The molecule has 60 valence electrons. The van der Waals surface area contributed by atoms with Gasteiger partial charge in [0.1, 0.15) is 4.60 Å². The summed E-state index contributed by atoms with van der Waals surface area (Å²) >= 11 is 3.20. The van der Waals surface area contributed by atoms with Crippen LogP contribution in [0.1, 0.15) is 0 Å². The Hall–Kier alpha value is -0.900. The van der Waals surface area contributed by atoms with Crippen molar-refractivity contribution >= 4 is 22.4 Å². The molecule has 3 nitrogen and oxygen atoms in total. The van der Waals surface area contributed by atoms with E-state index in [-0.39, 0.29) is 0 Å². The molecule has 0 radical (unpaired) electrons. The van der Waals surface area contributed by atoms with E-state index < -0.39 is 0 Å². The van der Waals surface area contributed by atoms with Gasteiger partial charge in [0.15, 0.2) is 0 Å². The lowest BCUT2D eigenvalue weighted by Crippen LogP contribution is -1.68. The van der Waals surface area contributed by atoms with Crippen LogP contribution in [0.15, 0.2) is 29.0 Å². The van der Waals surface area contributed by atoms with E-state index in [1.165, 1.54) is 7.11 Å². The second-order valence-electron chi connectivity index (χ2n) is 1.48. The van der Waals surface area contributed by atoms with E-state index in [0.29, 0.717) is 6.47 Å². The van der Waals surface area contributed by atoms with Crippen molar-refractivity contribution < 1.29 is 9.53 Å². The van der Waals surface area contributed by atoms with Gasteiger partial charge in [0, 0.05) is 6.20 Å². The molecule has 0 fully saturated rings. The normalized spacial score (nSPS) is 7.45. The van der Waals surface area contributed by atoms with Crippen LogP contribution >= 0.6 is 15.9 Å². The number of pyridine rings is 1. The minimum Gasteiger partial charge on any atom is -0.471 e. The molecule has 4 heteroatoms. The Bertz CT molecular complexity index is 191. The average Bonchev–Trinajstić information content (AvgIpc) is 2.07. The Morgan fingerprint density at radius 1 is 1.64 bits per heavy atom. The van der Waals surface area contributed by atoms with Gasteiger partial charge in [-0.25, -0.2) is 4.98 Å². The van der Waals surface area contributed by atoms with Crippen molar-refractivity contribution in [2.24, 2.45) is 0 Å². The van der Waals surface area contributed by atoms with Crippen molar-refractivity contribution in [3.8, 4) is 0 Å². The maximum absolute atomic E-state index is 8.95. The molecule has 0 aromatic carbocycles. The molecule has 0 bridgehead atoms. The summed E-state index contributed by atoms with van der Waals surface area (Å²) in [6.07, 6.45) is 1.74. The van der Waals surface area contributed by atoms with Crippen LogP contribution in [0.5, 0.6) is 0 Å². The molecule has 0 amide bonds. The lowest BCUT2D eigenvalue weighted by atomic mass is 10.5. The zero-order chi connectivity index (χ0) is 8.53. The fraction of sp³-hybridized carbons (Fsp3) is 0.143. The molecule has 1 aromatic rings. The van der Waals surface area contributed by atoms with E-state index in [2.05, 4.69) is 25.7 Å². The minimum atomic E-state index is 0.375. The molecular weight excluding hydrogens is 210 g/mol. The largest absolute Gasteiger partial charge is 0.471 e. The third-order valence-electron chi connectivity index (χ3n) is 0.725. The molecule has 0 unspecified atom stereocenters. The molecule has 0 N–H and O–H groups in total. The van der Waals surface area contributed by atoms with Crippen LogP contribution in [-0.2, 0) is 9.53 Å². The predicted octanol–water partition coefficient (Wildman–Crippen LogP) is 1.63. The Labute approximate surface area is 73.5 Å². The van der Waals surface area contributed by atoms with Gasteiger partial charge >= 0.3 is 0 Å². The summed E-state index contributed by atoms with van der Waals surface area (Å²) < 4.78 is 4.75. The van der Waals surface area contributed by atoms with Crippen molar-refractivity contribution in [1.29, 1.82) is 0 Å². The quantitative estimate of drug-likeness (QED) is 0.531. The van der Waals surface area contributed by atoms with Gasteiger partial charge in [0.25, 0.3) is 6.47 Å². The Balaban J connectivity index is 0.000000218. The number of nitrogens with zero attached hydrogens (tertiary/aromatic N) is 1. The van der Waals surface area contributed by atoms with E-state index in [9.17, 15) is 0 Å². The lowest BCUT2D eigenvalue weighted by molar-refractivity contribution is -0.126. The smallest absolute Gasteiger partial charge is 0.292 e. The summed E-state index contributed by atoms with van der Waals surface area (Å²) in [6, 6.07) is 5.70. The highest BCUT2D eigenvalue weighted by Gasteiger charge is 1.75. The SMILES string of the molecule is Brc1ccccn1.COC=O. The Kier molecular flexibility index (Phi) is 6.62. The topological polar surface area (TPSA) is 39.2 Å². The number of methoxy groups -OCH3 is 1. The van der Waals surface area contributed by atoms with Gasteiger partial charge in [-0.05, 0) is 28.1 Å². The minimum absolute atomic E-state index is 0.375. The molecular formula is C7H8BrNO2. The summed E-state index contributed by atoms with van der Waals surface area (Å²) in [5.41, 5.74) is 0. The molecule has 11 heavy (non-hydrogen) atoms. The average molecular weight is 218 g/mol. The predicted molar refractivity (Wildman–Crippen MR) is 45.0 cm³/mol. The highest BCUT2D eigenvalue weighted by atomic mass is 79.9. The highest BCUT2D eigenvalue weighted by molar-refractivity contribution is 9.10. The highest BCUT2D eigenvalue weighted by Crippen LogP contribution is 2.00. The molecule has 1 rings (SSSR count). The Morgan fingerprint density at radius 3 is 2.45 bits per heavy atom. The van der Waals surface area contributed by atoms with E-state index in [4.69, 9.17) is 4.79 Å². The second kappa shape index (κ2) is 7.21. The molecule has 0 saturated heterocycles. The van der Waals surface area contributed by atoms with Crippen LogP contribution in [0.4, 0.5) is 0 Å². The van der Waals surface area contributed by atoms with Crippen LogP contribution in [0, 0.1) is 0 Å². The van der Waals surface area contributed by atoms with Crippen molar-refractivity contribution in [2.75, 3.05) is 7.11 Å². The van der Waals surface area contributed by atoms with Crippen LogP contribution in [0.3, 0.4) is 0 Å². The number of carbonyl (C=O) groups excluding carboxylic acids is 1. The van der Waals surface area contributed by atoms with Gasteiger partial charge in [0.05, 0.1) is 7.11 Å². The molecule has 0 saturated carbocycles. The van der Waals surface area contributed by atoms with E-state index in [0.717, 1.165) is 4.60 Å². The summed E-state index contributed by atoms with van der Waals surface area (Å²) in [4.78, 5) is 12.8. The standard InChI is InChI=1S/C5H4BrN.C2H4O2/c6-5-3-1-2-4-7-5;1-4-2-3/h1-4H;2H,1H3. The molecule has 0 atom stereocenters. The first-order valence-corrected chi connectivity index (χ1v) is 3.63. The maximum atomic E-state index is 8.95. The first-order chi connectivity index (χ1) is 5.31. The number of carbonyl (C=O) groups is 1. The van der Waals surface area contributed by atoms with E-state index >= 15 is 0 Å². The molecule has 0 aliphatic rings. The van der Waals surface area contributed by atoms with Crippen LogP contribution in [0.2, 0.25) is 0 Å². The molecule has 0 aliphatic carbocycles. The van der Waals surface area contributed by atoms with Crippen molar-refractivity contribution in [3.05, 3.63) is 29.0 Å². The van der Waals surface area contributed by atoms with E-state index in [1.54, 1.807) is 6.20 Å². The summed E-state index contributed by atoms with van der Waals surface area (Å²) in [5.74, 6) is 0. The maximum Gasteiger partial charge on any atom is 0.292 e. The molecule has 0 spiro atoms. The summed E-state index contributed by atoms with van der Waals surface area (Å²) in [7, 11) is 1.31. The number of aromatic nitrogens is 1. The van der Waals surface area contributed by atoms with Crippen LogP contribution in [0.25, 0.3) is 0 Å². The van der Waals surface area contributed by atoms with Crippen LogP contribution in [-0.4, -0.2) is 18.6 Å². The number of ether oxygens (including phenoxy) is 1. The molecule has 1 heterocycles. The van der Waals surface area contributed by atoms with Gasteiger partial charge in [-0.1, -0.05) is 6.07 Å². The summed E-state index contributed by atoms with van der Waals surface area (Å²) in [5, 5.41) is 0. The van der Waals surface area contributed by atoms with E-state index in [1.807, 2.05) is 18.2 Å². The van der Waals surface area contributed by atoms with Gasteiger partial charge in [-0.2, -0.15) is 0 Å². The van der Waals surface area contributed by atoms with Gasteiger partial charge in [-0.3, -0.25) is 4.79 Å². The van der Waals surface area contributed by atoms with Gasteiger partial charge in [-0.15, -0.1) is 0 Å². The number of hydrogen-bond donors (Lipinski definition) is 0. The number of rotatable bonds is 1. The first kappa shape index (κ1) is 10.1. The zero-order valence-corrected chi connectivity index (χ0v) is 7.61. The fourth-order valence-corrected chi connectivity index (χ4v) is 0.613. The summed E-state index contributed by atoms with van der Waals surface area (Å²) in [6.45, 7) is 0.375. The van der Waals surface area contributed by atoms with Gasteiger partial charge < -0.3 is 4.74 Å². The fourth-order valence-electron chi connectivity index (χ4n) is 0.342. The third-order valence-corrected chi connectivity index (χ3v) is 1.19. The number of halogens is 1. The van der Waals surface area contributed by atoms with Crippen LogP contribution < -0.4 is 0 Å². The second-order valence-corrected chi connectivity index (χ2v) is 2.30. The van der Waals surface area contributed by atoms with Gasteiger partial charge in [0.2, 0.25) is 0 Å². The van der Waals surface area contributed by atoms with Crippen molar-refractivity contribution in [2.45, 2.75) is 0 Å². The molecule has 1 aromatic heterocycles. The first-order valence-electron chi connectivity index (χ1n) is 2.84. The van der Waals surface area contributed by atoms with Crippen molar-refractivity contribution in [3.63, 3.8) is 0 Å². The zero-order valence-electron chi connectivity index (χ0n) is 6.03. The Morgan fingerprint density at radius 2 is 2.27 bits per heavy atom. The molecule has 0 aliphatic heterocycles. The van der Waals surface area contributed by atoms with Crippen molar-refractivity contribution in [1.82, 2.24) is 4.98 Å². The number of hydrogen-bond acceptors (Lipinski definition) is 3.